The molecular formula is C13H15BrN2O3. The number of hydrogen-bond acceptors (Lipinski definition) is 4. The molecular weight excluding hydrogens is 312 g/mol. The molecule has 1 atom stereocenters. The Bertz CT molecular complexity index is 607. The standard InChI is InChI=1S/C13H15BrN2O3/c1-4-19-12(17)10-11(13(2,14)18-3)16-8-6-5-7-9(16)15-10/h5-8H,4H2,1-3H3. The molecule has 0 bridgehead atoms. The third kappa shape index (κ3) is 2.50. The molecule has 2 aromatic heterocycles. The van der Waals surface area contributed by atoms with Crippen molar-refractivity contribution < 1.29 is 14.3 Å². The summed E-state index contributed by atoms with van der Waals surface area (Å²) in [6, 6.07) is 5.55. The van der Waals surface area contributed by atoms with Crippen LogP contribution in [0, 0.1) is 0 Å². The van der Waals surface area contributed by atoms with Crippen molar-refractivity contribution in [3.05, 3.63) is 35.8 Å². The number of aromatic nitrogens is 2. The lowest BCUT2D eigenvalue weighted by atomic mass is 10.2. The van der Waals surface area contributed by atoms with Crippen LogP contribution in [0.25, 0.3) is 5.65 Å². The van der Waals surface area contributed by atoms with Gasteiger partial charge in [0, 0.05) is 13.3 Å². The maximum absolute atomic E-state index is 12.0. The van der Waals surface area contributed by atoms with E-state index in [1.807, 2.05) is 35.7 Å². The number of carbonyl (C=O) groups excluding carboxylic acids is 1. The van der Waals surface area contributed by atoms with Gasteiger partial charge in [0.2, 0.25) is 0 Å². The highest BCUT2D eigenvalue weighted by atomic mass is 79.9. The number of nitrogens with zero attached hydrogens (tertiary/aromatic N) is 2. The van der Waals surface area contributed by atoms with Gasteiger partial charge in [-0.15, -0.1) is 0 Å². The molecule has 0 aliphatic carbocycles. The van der Waals surface area contributed by atoms with E-state index in [0.29, 0.717) is 17.9 Å². The molecule has 0 aliphatic heterocycles. The van der Waals surface area contributed by atoms with E-state index < -0.39 is 10.5 Å². The van der Waals surface area contributed by atoms with Crippen LogP contribution in [-0.4, -0.2) is 29.1 Å². The Morgan fingerprint density at radius 3 is 2.89 bits per heavy atom. The fourth-order valence-electron chi connectivity index (χ4n) is 1.86. The summed E-state index contributed by atoms with van der Waals surface area (Å²) >= 11 is 3.47. The van der Waals surface area contributed by atoms with Gasteiger partial charge in [-0.2, -0.15) is 0 Å². The van der Waals surface area contributed by atoms with Crippen LogP contribution in [0.4, 0.5) is 0 Å². The summed E-state index contributed by atoms with van der Waals surface area (Å²) in [5.41, 5.74) is 1.54. The summed E-state index contributed by atoms with van der Waals surface area (Å²) in [6.07, 6.45) is 1.83. The summed E-state index contributed by atoms with van der Waals surface area (Å²) < 4.78 is 11.4. The van der Waals surface area contributed by atoms with Gasteiger partial charge in [-0.3, -0.25) is 4.40 Å². The Morgan fingerprint density at radius 2 is 2.26 bits per heavy atom. The predicted molar refractivity (Wildman–Crippen MR) is 74.4 cm³/mol. The van der Waals surface area contributed by atoms with Crippen LogP contribution < -0.4 is 0 Å². The highest BCUT2D eigenvalue weighted by Gasteiger charge is 2.33. The molecule has 0 saturated heterocycles. The second-order valence-electron chi connectivity index (χ2n) is 4.08. The molecule has 0 saturated carbocycles. The van der Waals surface area contributed by atoms with Crippen LogP contribution in [0.3, 0.4) is 0 Å². The van der Waals surface area contributed by atoms with Gasteiger partial charge in [0.05, 0.1) is 12.3 Å². The first-order valence-corrected chi connectivity index (χ1v) is 6.69. The minimum absolute atomic E-state index is 0.259. The van der Waals surface area contributed by atoms with Crippen LogP contribution in [-0.2, 0) is 14.0 Å². The van der Waals surface area contributed by atoms with Crippen LogP contribution >= 0.6 is 15.9 Å². The van der Waals surface area contributed by atoms with E-state index in [1.54, 1.807) is 14.0 Å². The Labute approximate surface area is 119 Å². The number of hydrogen-bond donors (Lipinski definition) is 0. The zero-order chi connectivity index (χ0) is 14.0. The lowest BCUT2D eigenvalue weighted by Crippen LogP contribution is -2.22. The molecule has 0 amide bonds. The molecule has 6 heteroatoms. The quantitative estimate of drug-likeness (QED) is 0.640. The van der Waals surface area contributed by atoms with Gasteiger partial charge in [0.1, 0.15) is 5.65 Å². The van der Waals surface area contributed by atoms with Crippen molar-refractivity contribution in [3.8, 4) is 0 Å². The maximum Gasteiger partial charge on any atom is 0.359 e. The zero-order valence-corrected chi connectivity index (χ0v) is 12.6. The van der Waals surface area contributed by atoms with Crippen LogP contribution in [0.1, 0.15) is 30.0 Å². The molecule has 5 nitrogen and oxygen atoms in total. The van der Waals surface area contributed by atoms with Crippen molar-refractivity contribution in [1.29, 1.82) is 0 Å². The van der Waals surface area contributed by atoms with Crippen LogP contribution in [0.15, 0.2) is 24.4 Å². The second-order valence-corrected chi connectivity index (χ2v) is 5.59. The van der Waals surface area contributed by atoms with E-state index in [1.165, 1.54) is 0 Å². The molecule has 102 valence electrons. The Kier molecular flexibility index (Phi) is 3.91. The van der Waals surface area contributed by atoms with Gasteiger partial charge >= 0.3 is 5.97 Å². The monoisotopic (exact) mass is 326 g/mol. The van der Waals surface area contributed by atoms with Crippen LogP contribution in [0.2, 0.25) is 0 Å². The Hall–Kier alpha value is -1.40. The minimum Gasteiger partial charge on any atom is -0.461 e. The number of esters is 1. The average Bonchev–Trinajstić information content (AvgIpc) is 2.79. The molecule has 1 unspecified atom stereocenters. The lowest BCUT2D eigenvalue weighted by molar-refractivity contribution is 0.0497. The number of carbonyl (C=O) groups is 1. The Balaban J connectivity index is 2.69. The summed E-state index contributed by atoms with van der Waals surface area (Å²) in [5.74, 6) is -0.455. The maximum atomic E-state index is 12.0. The van der Waals surface area contributed by atoms with Crippen molar-refractivity contribution in [1.82, 2.24) is 9.38 Å². The third-order valence-electron chi connectivity index (χ3n) is 2.81. The first-order chi connectivity index (χ1) is 9.01. The molecule has 0 spiro atoms. The molecule has 2 rings (SSSR count). The molecule has 2 aromatic rings. The highest BCUT2D eigenvalue weighted by Crippen LogP contribution is 2.34. The van der Waals surface area contributed by atoms with Gasteiger partial charge in [-0.05, 0) is 41.9 Å². The SMILES string of the molecule is CCOC(=O)c1nc2ccccn2c1C(C)(Br)OC. The van der Waals surface area contributed by atoms with Crippen molar-refractivity contribution in [2.24, 2.45) is 0 Å². The number of pyridine rings is 1. The van der Waals surface area contributed by atoms with Gasteiger partial charge in [-0.1, -0.05) is 6.07 Å². The molecule has 19 heavy (non-hydrogen) atoms. The fraction of sp³-hybridized carbons (Fsp3) is 0.385. The largest absolute Gasteiger partial charge is 0.461 e. The zero-order valence-electron chi connectivity index (χ0n) is 11.0. The van der Waals surface area contributed by atoms with Crippen molar-refractivity contribution in [3.63, 3.8) is 0 Å². The number of imidazole rings is 1. The van der Waals surface area contributed by atoms with Gasteiger partial charge < -0.3 is 9.47 Å². The predicted octanol–water partition coefficient (Wildman–Crippen LogP) is 2.73. The van der Waals surface area contributed by atoms with Crippen molar-refractivity contribution in [2.75, 3.05) is 13.7 Å². The molecule has 0 fully saturated rings. The first kappa shape index (κ1) is 14.0. The number of rotatable bonds is 4. The summed E-state index contributed by atoms with van der Waals surface area (Å²) in [5, 5.41) is 0. The van der Waals surface area contributed by atoms with E-state index in [-0.39, 0.29) is 5.69 Å². The number of methoxy groups -OCH3 is 1. The molecule has 0 N–H and O–H groups in total. The van der Waals surface area contributed by atoms with Gasteiger partial charge in [-0.25, -0.2) is 9.78 Å². The number of fused-ring (bicyclic) bond motifs is 1. The third-order valence-corrected chi connectivity index (χ3v) is 3.50. The van der Waals surface area contributed by atoms with Crippen LogP contribution in [0.5, 0.6) is 0 Å². The molecule has 0 aliphatic rings. The van der Waals surface area contributed by atoms with E-state index in [0.717, 1.165) is 0 Å². The van der Waals surface area contributed by atoms with Gasteiger partial charge in [0.15, 0.2) is 10.2 Å². The molecule has 0 radical (unpaired) electrons. The second kappa shape index (κ2) is 5.30. The fourth-order valence-corrected chi connectivity index (χ4v) is 2.24. The number of ether oxygens (including phenoxy) is 2. The lowest BCUT2D eigenvalue weighted by Gasteiger charge is -2.21. The smallest absolute Gasteiger partial charge is 0.359 e. The number of alkyl halides is 1. The minimum atomic E-state index is -0.824. The molecule has 2 heterocycles. The summed E-state index contributed by atoms with van der Waals surface area (Å²) in [4.78, 5) is 16.3. The molecule has 0 aromatic carbocycles. The normalized spacial score (nSPS) is 14.3. The van der Waals surface area contributed by atoms with E-state index >= 15 is 0 Å². The van der Waals surface area contributed by atoms with E-state index in [2.05, 4.69) is 20.9 Å². The van der Waals surface area contributed by atoms with Crippen molar-refractivity contribution >= 4 is 27.5 Å². The van der Waals surface area contributed by atoms with E-state index in [4.69, 9.17) is 9.47 Å². The van der Waals surface area contributed by atoms with Gasteiger partial charge in [0.25, 0.3) is 0 Å². The number of halogens is 1. The van der Waals surface area contributed by atoms with E-state index in [9.17, 15) is 4.79 Å². The highest BCUT2D eigenvalue weighted by molar-refractivity contribution is 9.09. The first-order valence-electron chi connectivity index (χ1n) is 5.90. The summed E-state index contributed by atoms with van der Waals surface area (Å²) in [7, 11) is 1.56. The Morgan fingerprint density at radius 1 is 1.53 bits per heavy atom. The van der Waals surface area contributed by atoms with Crippen molar-refractivity contribution in [2.45, 2.75) is 18.4 Å². The average molecular weight is 327 g/mol. The topological polar surface area (TPSA) is 52.8 Å². The summed E-state index contributed by atoms with van der Waals surface area (Å²) in [6.45, 7) is 3.88.